The number of carboxylic acid groups (broad SMARTS) is 2. The first-order chi connectivity index (χ1) is 29.5. The van der Waals surface area contributed by atoms with E-state index in [1.54, 1.807) is 54.6 Å². The molecule has 6 aromatic carbocycles. The predicted molar refractivity (Wildman–Crippen MR) is 219 cm³/mol. The average molecular weight is 917 g/mol. The molecule has 0 atom stereocenters. The second-order valence-electron chi connectivity index (χ2n) is 13.8. The SMILES string of the molecule is O=C(O)c1cccc(CCc2ccc(NS(=O)(=O)c3cc(C(F)(F)F)cc(C(F)(F)F)c3)cc2)c1.O=C(O)c1cccc(CCc2ccc(NS(=O)(=O)c3cccc(F)c3)cc2)c1. The number of aromatic carboxylic acids is 2. The van der Waals surface area contributed by atoms with E-state index < -0.39 is 66.2 Å². The largest absolute Gasteiger partial charge is 0.478 e. The second kappa shape index (κ2) is 19.5. The minimum atomic E-state index is -5.18. The van der Waals surface area contributed by atoms with E-state index in [1.165, 1.54) is 54.6 Å². The highest BCUT2D eigenvalue weighted by molar-refractivity contribution is 7.93. The minimum absolute atomic E-state index is 0.0624. The number of rotatable bonds is 14. The van der Waals surface area contributed by atoms with Gasteiger partial charge in [-0.05, 0) is 133 Å². The smallest absolute Gasteiger partial charge is 0.416 e. The van der Waals surface area contributed by atoms with Crippen LogP contribution in [0.15, 0.2) is 149 Å². The van der Waals surface area contributed by atoms with Gasteiger partial charge in [-0.2, -0.15) is 26.3 Å². The first-order valence-corrected chi connectivity index (χ1v) is 21.4. The van der Waals surface area contributed by atoms with Crippen molar-refractivity contribution in [3.8, 4) is 0 Å². The van der Waals surface area contributed by atoms with Gasteiger partial charge in [0.1, 0.15) is 5.82 Å². The van der Waals surface area contributed by atoms with Crippen molar-refractivity contribution in [1.29, 1.82) is 0 Å². The van der Waals surface area contributed by atoms with Crippen LogP contribution in [0.1, 0.15) is 54.1 Å². The van der Waals surface area contributed by atoms with Crippen LogP contribution in [0.4, 0.5) is 42.1 Å². The molecule has 19 heteroatoms. The van der Waals surface area contributed by atoms with Crippen LogP contribution in [0.5, 0.6) is 0 Å². The molecule has 6 rings (SSSR count). The highest BCUT2D eigenvalue weighted by Gasteiger charge is 2.38. The van der Waals surface area contributed by atoms with Crippen LogP contribution in [0.2, 0.25) is 0 Å². The first-order valence-electron chi connectivity index (χ1n) is 18.4. The third-order valence-corrected chi connectivity index (χ3v) is 11.9. The van der Waals surface area contributed by atoms with Gasteiger partial charge in [0.2, 0.25) is 0 Å². The van der Waals surface area contributed by atoms with E-state index in [4.69, 9.17) is 10.2 Å². The number of sulfonamides is 2. The molecule has 0 unspecified atom stereocenters. The van der Waals surface area contributed by atoms with Gasteiger partial charge in [0, 0.05) is 11.4 Å². The molecule has 0 aliphatic rings. The summed E-state index contributed by atoms with van der Waals surface area (Å²) in [4.78, 5) is 20.8. The van der Waals surface area contributed by atoms with Crippen molar-refractivity contribution >= 4 is 43.4 Å². The Hall–Kier alpha value is -6.73. The maximum atomic E-state index is 13.3. The van der Waals surface area contributed by atoms with Gasteiger partial charge < -0.3 is 10.2 Å². The van der Waals surface area contributed by atoms with E-state index in [-0.39, 0.29) is 39.9 Å². The van der Waals surface area contributed by atoms with Gasteiger partial charge in [0.15, 0.2) is 0 Å². The van der Waals surface area contributed by atoms with Gasteiger partial charge in [-0.15, -0.1) is 0 Å². The fourth-order valence-electron chi connectivity index (χ4n) is 5.92. The summed E-state index contributed by atoms with van der Waals surface area (Å²) in [6.45, 7) is 0. The molecule has 63 heavy (non-hydrogen) atoms. The fourth-order valence-corrected chi connectivity index (χ4v) is 8.14. The summed E-state index contributed by atoms with van der Waals surface area (Å²) in [6, 6.07) is 30.6. The van der Waals surface area contributed by atoms with Crippen LogP contribution in [-0.4, -0.2) is 39.0 Å². The molecule has 0 heterocycles. The van der Waals surface area contributed by atoms with Gasteiger partial charge >= 0.3 is 24.3 Å². The second-order valence-corrected chi connectivity index (χ2v) is 17.2. The molecule has 4 N–H and O–H groups in total. The molecule has 0 saturated carbocycles. The number of alkyl halides is 6. The highest BCUT2D eigenvalue weighted by atomic mass is 32.2. The maximum absolute atomic E-state index is 13.3. The monoisotopic (exact) mass is 916 g/mol. The molecule has 0 aliphatic heterocycles. The Labute approximate surface area is 356 Å². The number of carbonyl (C=O) groups is 2. The topological polar surface area (TPSA) is 167 Å². The quantitative estimate of drug-likeness (QED) is 0.0784. The number of hydrogen-bond donors (Lipinski definition) is 4. The molecular weight excluding hydrogens is 882 g/mol. The average Bonchev–Trinajstić information content (AvgIpc) is 3.22. The first kappa shape index (κ1) is 47.3. The van der Waals surface area contributed by atoms with Crippen molar-refractivity contribution in [3.63, 3.8) is 0 Å². The van der Waals surface area contributed by atoms with Crippen molar-refractivity contribution in [2.75, 3.05) is 9.44 Å². The van der Waals surface area contributed by atoms with Crippen LogP contribution in [0, 0.1) is 5.82 Å². The van der Waals surface area contributed by atoms with E-state index >= 15 is 0 Å². The third-order valence-electron chi connectivity index (χ3n) is 9.14. The predicted octanol–water partition coefficient (Wildman–Crippen LogP) is 10.1. The maximum Gasteiger partial charge on any atom is 0.416 e. The summed E-state index contributed by atoms with van der Waals surface area (Å²) in [5, 5.41) is 18.1. The van der Waals surface area contributed by atoms with Gasteiger partial charge in [-0.3, -0.25) is 9.44 Å². The minimum Gasteiger partial charge on any atom is -0.478 e. The number of nitrogens with one attached hydrogen (secondary N) is 2. The number of carboxylic acids is 2. The summed E-state index contributed by atoms with van der Waals surface area (Å²) >= 11 is 0. The number of aryl methyl sites for hydroxylation is 4. The van der Waals surface area contributed by atoms with E-state index in [2.05, 4.69) is 4.72 Å². The van der Waals surface area contributed by atoms with E-state index in [1.807, 2.05) is 10.8 Å². The number of halogens is 7. The molecule has 0 saturated heterocycles. The lowest BCUT2D eigenvalue weighted by molar-refractivity contribution is -0.143. The van der Waals surface area contributed by atoms with Gasteiger partial charge in [0.25, 0.3) is 20.0 Å². The van der Waals surface area contributed by atoms with Crippen LogP contribution in [-0.2, 0) is 58.1 Å². The molecular formula is C44H35F7N2O8S2. The highest BCUT2D eigenvalue weighted by Crippen LogP contribution is 2.37. The summed E-state index contributed by atoms with van der Waals surface area (Å²) in [7, 11) is -8.63. The summed E-state index contributed by atoms with van der Waals surface area (Å²) in [5.41, 5.74) is 0.616. The molecule has 10 nitrogen and oxygen atoms in total. The Bertz CT molecular complexity index is 2780. The van der Waals surface area contributed by atoms with Crippen LogP contribution in [0.25, 0.3) is 0 Å². The third kappa shape index (κ3) is 13.6. The van der Waals surface area contributed by atoms with Crippen molar-refractivity contribution in [2.45, 2.75) is 47.8 Å². The van der Waals surface area contributed by atoms with Gasteiger partial charge in [-0.1, -0.05) is 54.6 Å². The Morgan fingerprint density at radius 1 is 0.460 bits per heavy atom. The Kier molecular flexibility index (Phi) is 14.7. The molecule has 330 valence electrons. The summed E-state index contributed by atoms with van der Waals surface area (Å²) < 4.78 is 146. The molecule has 0 amide bonds. The Morgan fingerprint density at radius 2 is 0.841 bits per heavy atom. The van der Waals surface area contributed by atoms with Crippen molar-refractivity contribution in [3.05, 3.63) is 190 Å². The van der Waals surface area contributed by atoms with Crippen molar-refractivity contribution in [1.82, 2.24) is 0 Å². The molecule has 6 aromatic rings. The number of hydrogen-bond acceptors (Lipinski definition) is 6. The van der Waals surface area contributed by atoms with Crippen molar-refractivity contribution in [2.24, 2.45) is 0 Å². The standard InChI is InChI=1S/C23H17F6NO4S.C21H18FNO4S/c24-22(25,26)17-11-18(23(27,28)29)13-20(12-17)35(33,34)30-19-8-6-14(7-9-19)4-5-15-2-1-3-16(10-15)21(31)32;22-18-5-2-6-20(14-18)28(26,27)23-19-11-9-15(10-12-19)7-8-16-3-1-4-17(13-16)21(24)25/h1-3,6-13,30H,4-5H2,(H,31,32);1-6,9-14,23H,7-8H2,(H,24,25). The lowest BCUT2D eigenvalue weighted by Crippen LogP contribution is -2.17. The van der Waals surface area contributed by atoms with Crippen LogP contribution >= 0.6 is 0 Å². The molecule has 0 aromatic heterocycles. The summed E-state index contributed by atoms with van der Waals surface area (Å²) in [5.74, 6) is -2.64. The zero-order valence-electron chi connectivity index (χ0n) is 32.4. The zero-order chi connectivity index (χ0) is 46.2. The molecule has 0 radical (unpaired) electrons. The zero-order valence-corrected chi connectivity index (χ0v) is 34.0. The number of anilines is 2. The molecule has 0 aliphatic carbocycles. The molecule has 0 bridgehead atoms. The van der Waals surface area contributed by atoms with Crippen molar-refractivity contribution < 1.29 is 67.4 Å². The Morgan fingerprint density at radius 3 is 1.22 bits per heavy atom. The molecule has 0 fully saturated rings. The van der Waals surface area contributed by atoms with E-state index in [0.717, 1.165) is 28.3 Å². The lowest BCUT2D eigenvalue weighted by atomic mass is 10.0. The van der Waals surface area contributed by atoms with Gasteiger partial charge in [0.05, 0.1) is 32.0 Å². The fraction of sp³-hybridized carbons (Fsp3) is 0.136. The molecule has 0 spiro atoms. The van der Waals surface area contributed by atoms with Crippen LogP contribution < -0.4 is 9.44 Å². The Balaban J connectivity index is 0.000000243. The van der Waals surface area contributed by atoms with E-state index in [0.29, 0.717) is 31.4 Å². The van der Waals surface area contributed by atoms with E-state index in [9.17, 15) is 57.2 Å². The summed E-state index contributed by atoms with van der Waals surface area (Å²) in [6.07, 6.45) is -8.07. The van der Waals surface area contributed by atoms with Crippen LogP contribution in [0.3, 0.4) is 0 Å². The van der Waals surface area contributed by atoms with Gasteiger partial charge in [-0.25, -0.2) is 30.8 Å². The lowest BCUT2D eigenvalue weighted by Gasteiger charge is -2.15. The number of benzene rings is 6. The normalized spacial score (nSPS) is 11.9.